The Bertz CT molecular complexity index is 2300. The molecule has 0 spiro atoms. The summed E-state index contributed by atoms with van der Waals surface area (Å²) >= 11 is 15.8. The van der Waals surface area contributed by atoms with Gasteiger partial charge in [0.15, 0.2) is 16.3 Å². The smallest absolute Gasteiger partial charge is 0.338 e. The first-order valence-electron chi connectivity index (χ1n) is 14.8. The Morgan fingerprint density at radius 2 is 1.81 bits per heavy atom. The molecule has 0 saturated carbocycles. The number of rotatable bonds is 9. The van der Waals surface area contributed by atoms with Crippen LogP contribution in [0.2, 0.25) is 10.0 Å². The first kappa shape index (κ1) is 34.0. The number of ether oxygens (including phenoxy) is 4. The van der Waals surface area contributed by atoms with Crippen molar-refractivity contribution in [2.75, 3.05) is 20.8 Å². The van der Waals surface area contributed by atoms with E-state index in [-0.39, 0.29) is 24.3 Å². The summed E-state index contributed by atoms with van der Waals surface area (Å²) in [6, 6.07) is 19.7. The molecule has 4 aromatic carbocycles. The van der Waals surface area contributed by atoms with Crippen LogP contribution in [-0.4, -0.2) is 31.4 Å². The number of hydrogen-bond donors (Lipinski definition) is 0. The fraction of sp³-hybridized carbons (Fsp3) is 0.194. The summed E-state index contributed by atoms with van der Waals surface area (Å²) in [5.41, 5.74) is 2.63. The lowest BCUT2D eigenvalue weighted by Crippen LogP contribution is -2.40. The van der Waals surface area contributed by atoms with Crippen LogP contribution >= 0.6 is 57.1 Å². The van der Waals surface area contributed by atoms with Gasteiger partial charge in [-0.05, 0) is 89.2 Å². The Morgan fingerprint density at radius 1 is 1.04 bits per heavy atom. The van der Waals surface area contributed by atoms with Crippen molar-refractivity contribution >= 4 is 79.9 Å². The third-order valence-corrected chi connectivity index (χ3v) is 10.2. The molecule has 0 unspecified atom stereocenters. The van der Waals surface area contributed by atoms with E-state index < -0.39 is 12.0 Å². The van der Waals surface area contributed by atoms with Gasteiger partial charge in [-0.3, -0.25) is 9.36 Å². The van der Waals surface area contributed by atoms with Gasteiger partial charge in [0.1, 0.15) is 18.4 Å². The first-order chi connectivity index (χ1) is 23.1. The quantitative estimate of drug-likeness (QED) is 0.114. The SMILES string of the molecule is CCOC(=O)C1=C(C)N=c2s/c(=C/c3cc(I)c(OCc4ccc(Cl)cc4Cl)c(OC)c3)c(=O)n2[C@H]1c1c(OC)ccc2ccccc12. The summed E-state index contributed by atoms with van der Waals surface area (Å²) in [7, 11) is 3.13. The van der Waals surface area contributed by atoms with Crippen molar-refractivity contribution < 1.29 is 23.7 Å². The largest absolute Gasteiger partial charge is 0.496 e. The minimum absolute atomic E-state index is 0.173. The zero-order valence-corrected chi connectivity index (χ0v) is 30.8. The second-order valence-electron chi connectivity index (χ2n) is 10.8. The first-order valence-corrected chi connectivity index (χ1v) is 17.5. The number of esters is 1. The molecule has 0 aliphatic carbocycles. The molecule has 0 bridgehead atoms. The van der Waals surface area contributed by atoms with Crippen molar-refractivity contribution in [1.29, 1.82) is 0 Å². The van der Waals surface area contributed by atoms with Crippen molar-refractivity contribution in [1.82, 2.24) is 4.57 Å². The number of halogens is 3. The molecule has 0 amide bonds. The molecule has 1 aromatic heterocycles. The predicted octanol–water partition coefficient (Wildman–Crippen LogP) is 7.46. The molecule has 5 aromatic rings. The van der Waals surface area contributed by atoms with E-state index in [2.05, 4.69) is 22.6 Å². The predicted molar refractivity (Wildman–Crippen MR) is 197 cm³/mol. The lowest BCUT2D eigenvalue weighted by atomic mass is 9.90. The number of carbonyl (C=O) groups excluding carboxylic acids is 1. The summed E-state index contributed by atoms with van der Waals surface area (Å²) in [4.78, 5) is 33.1. The standard InChI is InChI=1S/C36H29Cl2IN2O6S/c1-5-46-35(43)30-19(2)40-36-41(32(30)31-24-9-7-6-8-21(24)11-13-27(31)44-3)34(42)29(48-36)16-20-14-26(39)33(28(15-20)45-4)47-18-22-10-12-23(37)17-25(22)38/h6-17,32H,5,18H2,1-4H3/b29-16+/t32-/m1/s1. The highest BCUT2D eigenvalue weighted by Crippen LogP contribution is 2.40. The van der Waals surface area contributed by atoms with Crippen LogP contribution in [0.25, 0.3) is 16.8 Å². The van der Waals surface area contributed by atoms with Crippen LogP contribution in [0.15, 0.2) is 87.8 Å². The summed E-state index contributed by atoms with van der Waals surface area (Å²) in [6.07, 6.45) is 1.79. The van der Waals surface area contributed by atoms with Gasteiger partial charge in [0, 0.05) is 21.2 Å². The van der Waals surface area contributed by atoms with Crippen LogP contribution in [0.3, 0.4) is 0 Å². The third kappa shape index (κ3) is 6.46. The van der Waals surface area contributed by atoms with Gasteiger partial charge in [-0.1, -0.05) is 70.9 Å². The van der Waals surface area contributed by atoms with Crippen molar-refractivity contribution in [2.45, 2.75) is 26.5 Å². The number of methoxy groups -OCH3 is 2. The van der Waals surface area contributed by atoms with E-state index in [1.165, 1.54) is 11.3 Å². The maximum atomic E-state index is 14.4. The Morgan fingerprint density at radius 3 is 2.54 bits per heavy atom. The van der Waals surface area contributed by atoms with E-state index in [0.29, 0.717) is 47.9 Å². The maximum Gasteiger partial charge on any atom is 0.338 e. The number of carbonyl (C=O) groups is 1. The lowest BCUT2D eigenvalue weighted by Gasteiger charge is -2.27. The molecule has 48 heavy (non-hydrogen) atoms. The van der Waals surface area contributed by atoms with E-state index in [1.54, 1.807) is 56.9 Å². The zero-order chi connectivity index (χ0) is 34.1. The molecule has 6 rings (SSSR count). The Hall–Kier alpha value is -3.84. The van der Waals surface area contributed by atoms with Crippen LogP contribution in [0, 0.1) is 3.57 Å². The van der Waals surface area contributed by atoms with E-state index in [0.717, 1.165) is 25.5 Å². The summed E-state index contributed by atoms with van der Waals surface area (Å²) in [6.45, 7) is 3.89. The van der Waals surface area contributed by atoms with Gasteiger partial charge in [0.25, 0.3) is 5.56 Å². The molecule has 246 valence electrons. The lowest BCUT2D eigenvalue weighted by molar-refractivity contribution is -0.139. The fourth-order valence-electron chi connectivity index (χ4n) is 5.70. The molecule has 12 heteroatoms. The Kier molecular flexibility index (Phi) is 10.2. The number of allylic oxidation sites excluding steroid dienone is 1. The number of fused-ring (bicyclic) bond motifs is 2. The van der Waals surface area contributed by atoms with Gasteiger partial charge >= 0.3 is 5.97 Å². The van der Waals surface area contributed by atoms with Gasteiger partial charge in [0.05, 0.1) is 40.2 Å². The molecular weight excluding hydrogens is 786 g/mol. The molecule has 0 fully saturated rings. The molecule has 8 nitrogen and oxygen atoms in total. The number of aromatic nitrogens is 1. The van der Waals surface area contributed by atoms with Crippen LogP contribution < -0.4 is 29.1 Å². The third-order valence-electron chi connectivity index (χ3n) is 7.88. The average molecular weight is 816 g/mol. The summed E-state index contributed by atoms with van der Waals surface area (Å²) in [5.74, 6) is 1.03. The van der Waals surface area contributed by atoms with Crippen molar-refractivity contribution in [2.24, 2.45) is 4.99 Å². The molecule has 1 aliphatic rings. The zero-order valence-electron chi connectivity index (χ0n) is 26.3. The molecule has 1 atom stereocenters. The Labute approximate surface area is 304 Å². The number of nitrogens with zero attached hydrogens (tertiary/aromatic N) is 2. The molecule has 0 radical (unpaired) electrons. The van der Waals surface area contributed by atoms with Gasteiger partial charge < -0.3 is 18.9 Å². The highest BCUT2D eigenvalue weighted by Gasteiger charge is 2.36. The van der Waals surface area contributed by atoms with Gasteiger partial charge in [-0.15, -0.1) is 0 Å². The number of thiazole rings is 1. The van der Waals surface area contributed by atoms with Crippen molar-refractivity contribution in [3.05, 3.63) is 128 Å². The minimum atomic E-state index is -0.839. The second-order valence-corrected chi connectivity index (χ2v) is 13.8. The number of hydrogen-bond acceptors (Lipinski definition) is 8. The molecule has 0 N–H and O–H groups in total. The van der Waals surface area contributed by atoms with E-state index in [1.807, 2.05) is 48.5 Å². The van der Waals surface area contributed by atoms with Crippen molar-refractivity contribution in [3.63, 3.8) is 0 Å². The van der Waals surface area contributed by atoms with E-state index in [4.69, 9.17) is 47.1 Å². The van der Waals surface area contributed by atoms with Gasteiger partial charge in [-0.2, -0.15) is 0 Å². The molecule has 0 saturated heterocycles. The van der Waals surface area contributed by atoms with Gasteiger partial charge in [-0.25, -0.2) is 9.79 Å². The normalized spacial score (nSPS) is 14.5. The molecule has 1 aliphatic heterocycles. The van der Waals surface area contributed by atoms with Gasteiger partial charge in [0.2, 0.25) is 0 Å². The Balaban J connectivity index is 1.48. The van der Waals surface area contributed by atoms with E-state index >= 15 is 0 Å². The fourth-order valence-corrected chi connectivity index (χ4v) is 7.99. The average Bonchev–Trinajstić information content (AvgIpc) is 3.37. The second kappa shape index (κ2) is 14.3. The van der Waals surface area contributed by atoms with Crippen LogP contribution in [0.4, 0.5) is 0 Å². The highest BCUT2D eigenvalue weighted by atomic mass is 127. The molecular formula is C36H29Cl2IN2O6S. The van der Waals surface area contributed by atoms with Crippen LogP contribution in [0.5, 0.6) is 17.2 Å². The van der Waals surface area contributed by atoms with Crippen LogP contribution in [0.1, 0.15) is 36.6 Å². The van der Waals surface area contributed by atoms with E-state index in [9.17, 15) is 9.59 Å². The molecule has 2 heterocycles. The highest BCUT2D eigenvalue weighted by molar-refractivity contribution is 14.1. The minimum Gasteiger partial charge on any atom is -0.496 e. The topological polar surface area (TPSA) is 88.4 Å². The monoisotopic (exact) mass is 814 g/mol. The summed E-state index contributed by atoms with van der Waals surface area (Å²) < 4.78 is 25.9. The maximum absolute atomic E-state index is 14.4. The van der Waals surface area contributed by atoms with Crippen molar-refractivity contribution in [3.8, 4) is 17.2 Å². The van der Waals surface area contributed by atoms with Crippen LogP contribution in [-0.2, 0) is 16.1 Å². The number of benzene rings is 4. The summed E-state index contributed by atoms with van der Waals surface area (Å²) in [5, 5.41) is 2.84.